The summed E-state index contributed by atoms with van der Waals surface area (Å²) in [7, 11) is 0. The number of nitrogens with zero attached hydrogens (tertiary/aromatic N) is 3. The molecule has 3 aromatic rings. The smallest absolute Gasteiger partial charge is 0.312 e. The molecule has 0 aliphatic carbocycles. The highest BCUT2D eigenvalue weighted by molar-refractivity contribution is 5.98. The maximum absolute atomic E-state index is 12.7. The van der Waals surface area contributed by atoms with Gasteiger partial charge in [0.05, 0.1) is 18.1 Å². The van der Waals surface area contributed by atoms with Crippen LogP contribution in [0.1, 0.15) is 25.5 Å². The van der Waals surface area contributed by atoms with Gasteiger partial charge in [0.1, 0.15) is 6.04 Å². The number of pyridine rings is 1. The lowest BCUT2D eigenvalue weighted by molar-refractivity contribution is -0.117. The quantitative estimate of drug-likeness (QED) is 0.620. The number of carbonyl (C=O) groups excluding carboxylic acids is 2. The fourth-order valence-electron chi connectivity index (χ4n) is 2.85. The summed E-state index contributed by atoms with van der Waals surface area (Å²) in [6, 6.07) is 9.85. The largest absolute Gasteiger partial charge is 0.352 e. The number of hydrogen-bond donors (Lipinski definition) is 3. The zero-order chi connectivity index (χ0) is 19.4. The molecule has 0 saturated heterocycles. The van der Waals surface area contributed by atoms with Crippen molar-refractivity contribution < 1.29 is 9.59 Å². The van der Waals surface area contributed by atoms with E-state index in [0.29, 0.717) is 12.1 Å². The molecule has 8 heteroatoms. The maximum Gasteiger partial charge on any atom is 0.312 e. The normalized spacial score (nSPS) is 12.1. The summed E-state index contributed by atoms with van der Waals surface area (Å²) < 4.78 is 1.81. The van der Waals surface area contributed by atoms with Crippen molar-refractivity contribution in [2.75, 3.05) is 5.32 Å². The average Bonchev–Trinajstić information content (AvgIpc) is 3.05. The molecule has 3 amide bonds. The molecule has 1 aromatic carbocycles. The summed E-state index contributed by atoms with van der Waals surface area (Å²) in [6.45, 7) is 4.04. The molecule has 140 valence electrons. The van der Waals surface area contributed by atoms with Crippen LogP contribution in [-0.4, -0.2) is 32.7 Å². The lowest BCUT2D eigenvalue weighted by Gasteiger charge is -2.17. The van der Waals surface area contributed by atoms with Crippen LogP contribution in [0.4, 0.5) is 10.5 Å². The Morgan fingerprint density at radius 1 is 1.19 bits per heavy atom. The van der Waals surface area contributed by atoms with Gasteiger partial charge in [-0.05, 0) is 25.5 Å². The molecule has 0 bridgehead atoms. The molecule has 0 radical (unpaired) electrons. The van der Waals surface area contributed by atoms with Crippen molar-refractivity contribution in [2.24, 2.45) is 5.73 Å². The van der Waals surface area contributed by atoms with Gasteiger partial charge in [-0.1, -0.05) is 30.3 Å². The third-order valence-corrected chi connectivity index (χ3v) is 4.11. The number of aromatic nitrogens is 3. The summed E-state index contributed by atoms with van der Waals surface area (Å²) in [5.74, 6) is -0.366. The summed E-state index contributed by atoms with van der Waals surface area (Å²) in [6.07, 6.45) is 3.61. The van der Waals surface area contributed by atoms with E-state index in [1.165, 1.54) is 0 Å². The average molecular weight is 366 g/mol. The van der Waals surface area contributed by atoms with E-state index in [4.69, 9.17) is 5.73 Å². The number of hydrogen-bond acceptors (Lipinski definition) is 4. The van der Waals surface area contributed by atoms with Crippen LogP contribution in [-0.2, 0) is 11.2 Å². The van der Waals surface area contributed by atoms with E-state index >= 15 is 0 Å². The predicted octanol–water partition coefficient (Wildman–Crippen LogP) is 2.23. The van der Waals surface area contributed by atoms with Gasteiger partial charge < -0.3 is 16.4 Å². The van der Waals surface area contributed by atoms with E-state index in [1.54, 1.807) is 18.5 Å². The Labute approximate surface area is 156 Å². The van der Waals surface area contributed by atoms with Crippen LogP contribution >= 0.6 is 0 Å². The molecule has 8 nitrogen and oxygen atoms in total. The van der Waals surface area contributed by atoms with Crippen LogP contribution in [0.15, 0.2) is 48.8 Å². The number of urea groups is 1. The highest BCUT2D eigenvalue weighted by Crippen LogP contribution is 2.19. The monoisotopic (exact) mass is 366 g/mol. The van der Waals surface area contributed by atoms with Crippen molar-refractivity contribution in [3.05, 3.63) is 54.4 Å². The van der Waals surface area contributed by atoms with Gasteiger partial charge in [0, 0.05) is 17.8 Å². The van der Waals surface area contributed by atoms with E-state index in [1.807, 2.05) is 48.9 Å². The molecule has 0 aliphatic heterocycles. The van der Waals surface area contributed by atoms with Crippen molar-refractivity contribution in [1.29, 1.82) is 0 Å². The topological polar surface area (TPSA) is 115 Å². The van der Waals surface area contributed by atoms with Crippen molar-refractivity contribution >= 4 is 28.7 Å². The van der Waals surface area contributed by atoms with Gasteiger partial charge in [0.15, 0.2) is 5.65 Å². The first kappa shape index (κ1) is 18.4. The van der Waals surface area contributed by atoms with Gasteiger partial charge in [-0.15, -0.1) is 0 Å². The number of carbonyl (C=O) groups is 2. The van der Waals surface area contributed by atoms with Crippen LogP contribution in [0, 0.1) is 0 Å². The van der Waals surface area contributed by atoms with Gasteiger partial charge in [-0.25, -0.2) is 14.5 Å². The molecular formula is C19H22N6O2. The fourth-order valence-corrected chi connectivity index (χ4v) is 2.85. The number of nitrogens with one attached hydrogen (secondary N) is 2. The van der Waals surface area contributed by atoms with E-state index in [-0.39, 0.29) is 11.9 Å². The zero-order valence-electron chi connectivity index (χ0n) is 15.2. The summed E-state index contributed by atoms with van der Waals surface area (Å²) in [4.78, 5) is 28.4. The number of nitrogens with two attached hydrogens (primary N) is 1. The Kier molecular flexibility index (Phi) is 5.35. The van der Waals surface area contributed by atoms with Gasteiger partial charge in [-0.2, -0.15) is 5.10 Å². The van der Waals surface area contributed by atoms with E-state index < -0.39 is 12.1 Å². The SMILES string of the molecule is CC(C)n1ncc2cc(NC(=O)[C@@H](Cc3ccccc3)NC(N)=O)cnc21. The van der Waals surface area contributed by atoms with Crippen molar-refractivity contribution in [2.45, 2.75) is 32.4 Å². The second kappa shape index (κ2) is 7.86. The Balaban J connectivity index is 1.78. The first-order chi connectivity index (χ1) is 12.9. The molecule has 27 heavy (non-hydrogen) atoms. The molecule has 0 spiro atoms. The Hall–Kier alpha value is -3.42. The Bertz CT molecular complexity index is 951. The maximum atomic E-state index is 12.7. The lowest BCUT2D eigenvalue weighted by atomic mass is 10.1. The summed E-state index contributed by atoms with van der Waals surface area (Å²) in [5, 5.41) is 10.4. The van der Waals surface area contributed by atoms with Crippen LogP contribution < -0.4 is 16.4 Å². The van der Waals surface area contributed by atoms with Crippen LogP contribution in [0.2, 0.25) is 0 Å². The minimum absolute atomic E-state index is 0.186. The molecule has 3 rings (SSSR count). The third-order valence-electron chi connectivity index (χ3n) is 4.11. The Morgan fingerprint density at radius 2 is 1.93 bits per heavy atom. The number of anilines is 1. The first-order valence-corrected chi connectivity index (χ1v) is 8.68. The van der Waals surface area contributed by atoms with Crippen molar-refractivity contribution in [1.82, 2.24) is 20.1 Å². The van der Waals surface area contributed by atoms with Crippen LogP contribution in [0.3, 0.4) is 0 Å². The van der Waals surface area contributed by atoms with Crippen molar-refractivity contribution in [3.8, 4) is 0 Å². The highest BCUT2D eigenvalue weighted by atomic mass is 16.2. The van der Waals surface area contributed by atoms with Crippen LogP contribution in [0.5, 0.6) is 0 Å². The second-order valence-electron chi connectivity index (χ2n) is 6.56. The summed E-state index contributed by atoms with van der Waals surface area (Å²) >= 11 is 0. The fraction of sp³-hybridized carbons (Fsp3) is 0.263. The minimum Gasteiger partial charge on any atom is -0.352 e. The standard InChI is InChI=1S/C19H22N6O2/c1-12(2)25-17-14(10-22-25)9-15(11-21-17)23-18(26)16(24-19(20)27)8-13-6-4-3-5-7-13/h3-7,9-12,16H,8H2,1-2H3,(H,23,26)(H3,20,24,27)/t16-/m1/s1. The third kappa shape index (κ3) is 4.41. The molecule has 4 N–H and O–H groups in total. The molecule has 0 saturated carbocycles. The van der Waals surface area contributed by atoms with Crippen molar-refractivity contribution in [3.63, 3.8) is 0 Å². The zero-order valence-corrected chi connectivity index (χ0v) is 15.2. The van der Waals surface area contributed by atoms with E-state index in [9.17, 15) is 9.59 Å². The molecule has 2 aromatic heterocycles. The number of benzene rings is 1. The first-order valence-electron chi connectivity index (χ1n) is 8.68. The molecular weight excluding hydrogens is 344 g/mol. The van der Waals surface area contributed by atoms with Crippen LogP contribution in [0.25, 0.3) is 11.0 Å². The molecule has 0 fully saturated rings. The second-order valence-corrected chi connectivity index (χ2v) is 6.56. The number of fused-ring (bicyclic) bond motifs is 1. The number of primary amides is 1. The summed E-state index contributed by atoms with van der Waals surface area (Å²) in [5.41, 5.74) is 7.42. The number of amides is 3. The van der Waals surface area contributed by atoms with Gasteiger partial charge in [0.25, 0.3) is 0 Å². The molecule has 1 atom stereocenters. The Morgan fingerprint density at radius 3 is 2.59 bits per heavy atom. The molecule has 0 unspecified atom stereocenters. The van der Waals surface area contributed by atoms with E-state index in [2.05, 4.69) is 20.7 Å². The minimum atomic E-state index is -0.793. The molecule has 0 aliphatic rings. The van der Waals surface area contributed by atoms with E-state index in [0.717, 1.165) is 16.6 Å². The van der Waals surface area contributed by atoms with Gasteiger partial charge >= 0.3 is 6.03 Å². The predicted molar refractivity (Wildman–Crippen MR) is 103 cm³/mol. The molecule has 2 heterocycles. The number of rotatable bonds is 6. The lowest BCUT2D eigenvalue weighted by Crippen LogP contribution is -2.47. The van der Waals surface area contributed by atoms with Gasteiger partial charge in [0.2, 0.25) is 5.91 Å². The highest BCUT2D eigenvalue weighted by Gasteiger charge is 2.21. The van der Waals surface area contributed by atoms with Gasteiger partial charge in [-0.3, -0.25) is 4.79 Å².